The Labute approximate surface area is 94.6 Å². The summed E-state index contributed by atoms with van der Waals surface area (Å²) in [5.74, 6) is -0.837. The molecule has 0 spiro atoms. The lowest BCUT2D eigenvalue weighted by molar-refractivity contribution is -0.116. The standard InChI is InChI=1S/C14H12O2/c1-3-13(15)11(2)14(16)10-9-12-7-5-4-6-8-12/h3-10H,1-2H2. The molecule has 16 heavy (non-hydrogen) atoms. The van der Waals surface area contributed by atoms with Crippen LogP contribution in [0.3, 0.4) is 0 Å². The summed E-state index contributed by atoms with van der Waals surface area (Å²) in [7, 11) is 0. The highest BCUT2D eigenvalue weighted by Gasteiger charge is 2.08. The van der Waals surface area contributed by atoms with Gasteiger partial charge in [0.25, 0.3) is 0 Å². The number of carbonyl (C=O) groups is 2. The first kappa shape index (κ1) is 11.9. The fraction of sp³-hybridized carbons (Fsp3) is 0. The molecule has 0 fully saturated rings. The number of benzene rings is 1. The van der Waals surface area contributed by atoms with Crippen LogP contribution >= 0.6 is 0 Å². The molecular weight excluding hydrogens is 200 g/mol. The maximum Gasteiger partial charge on any atom is 0.189 e. The molecule has 1 aromatic rings. The second-order valence-corrected chi connectivity index (χ2v) is 3.16. The number of hydrogen-bond acceptors (Lipinski definition) is 2. The topological polar surface area (TPSA) is 34.1 Å². The van der Waals surface area contributed by atoms with Gasteiger partial charge in [0.2, 0.25) is 0 Å². The predicted molar refractivity (Wildman–Crippen MR) is 64.8 cm³/mol. The van der Waals surface area contributed by atoms with Crippen molar-refractivity contribution in [2.75, 3.05) is 0 Å². The van der Waals surface area contributed by atoms with Crippen molar-refractivity contribution in [2.45, 2.75) is 0 Å². The maximum atomic E-state index is 11.5. The Balaban J connectivity index is 2.72. The normalized spacial score (nSPS) is 10.0. The van der Waals surface area contributed by atoms with Gasteiger partial charge >= 0.3 is 0 Å². The monoisotopic (exact) mass is 212 g/mol. The molecule has 0 N–H and O–H groups in total. The number of allylic oxidation sites excluding steroid dienone is 3. The number of rotatable bonds is 5. The fourth-order valence-corrected chi connectivity index (χ4v) is 1.08. The van der Waals surface area contributed by atoms with Gasteiger partial charge < -0.3 is 0 Å². The molecule has 0 saturated carbocycles. The molecule has 2 heteroatoms. The second kappa shape index (κ2) is 5.61. The Morgan fingerprint density at radius 2 is 1.69 bits per heavy atom. The summed E-state index contributed by atoms with van der Waals surface area (Å²) in [6, 6.07) is 9.35. The van der Waals surface area contributed by atoms with Crippen LogP contribution in [0.1, 0.15) is 5.56 Å². The Morgan fingerprint density at radius 3 is 2.25 bits per heavy atom. The van der Waals surface area contributed by atoms with Crippen molar-refractivity contribution in [1.29, 1.82) is 0 Å². The molecule has 0 heterocycles. The third kappa shape index (κ3) is 3.17. The average Bonchev–Trinajstić information content (AvgIpc) is 2.35. The molecule has 0 unspecified atom stereocenters. The van der Waals surface area contributed by atoms with Crippen molar-refractivity contribution in [3.8, 4) is 0 Å². The first-order valence-corrected chi connectivity index (χ1v) is 4.78. The molecule has 1 rings (SSSR count). The molecule has 0 aliphatic heterocycles. The molecule has 0 radical (unpaired) electrons. The molecule has 1 aromatic carbocycles. The van der Waals surface area contributed by atoms with Gasteiger partial charge in [0.15, 0.2) is 11.6 Å². The summed E-state index contributed by atoms with van der Waals surface area (Å²) in [6.45, 7) is 6.71. The Hall–Kier alpha value is -2.22. The first-order chi connectivity index (χ1) is 7.65. The van der Waals surface area contributed by atoms with Gasteiger partial charge in [0.05, 0.1) is 5.57 Å². The van der Waals surface area contributed by atoms with Crippen molar-refractivity contribution < 1.29 is 9.59 Å². The maximum absolute atomic E-state index is 11.5. The summed E-state index contributed by atoms with van der Waals surface area (Å²) in [6.07, 6.45) is 4.06. The van der Waals surface area contributed by atoms with E-state index in [4.69, 9.17) is 0 Å². The number of carbonyl (C=O) groups excluding carboxylic acids is 2. The molecule has 80 valence electrons. The van der Waals surface area contributed by atoms with Crippen LogP contribution in [0, 0.1) is 0 Å². The lowest BCUT2D eigenvalue weighted by Gasteiger charge is -1.95. The van der Waals surface area contributed by atoms with Gasteiger partial charge in [-0.25, -0.2) is 0 Å². The second-order valence-electron chi connectivity index (χ2n) is 3.16. The zero-order valence-electron chi connectivity index (χ0n) is 8.85. The quantitative estimate of drug-likeness (QED) is 0.427. The third-order valence-corrected chi connectivity index (χ3v) is 2.01. The summed E-state index contributed by atoms with van der Waals surface area (Å²) < 4.78 is 0. The van der Waals surface area contributed by atoms with Crippen molar-refractivity contribution in [2.24, 2.45) is 0 Å². The van der Waals surface area contributed by atoms with Crippen LogP contribution in [-0.2, 0) is 9.59 Å². The van der Waals surface area contributed by atoms with Crippen molar-refractivity contribution in [3.05, 3.63) is 66.8 Å². The molecule has 0 atom stereocenters. The van der Waals surface area contributed by atoms with Crippen molar-refractivity contribution in [3.63, 3.8) is 0 Å². The van der Waals surface area contributed by atoms with Gasteiger partial charge in [-0.05, 0) is 17.7 Å². The SMILES string of the molecule is C=CC(=O)C(=C)C(=O)C=Cc1ccccc1. The number of hydrogen-bond donors (Lipinski definition) is 0. The van der Waals surface area contributed by atoms with E-state index in [0.29, 0.717) is 0 Å². The van der Waals surface area contributed by atoms with Crippen LogP contribution in [0.15, 0.2) is 61.2 Å². The van der Waals surface area contributed by atoms with Crippen LogP contribution in [0.4, 0.5) is 0 Å². The van der Waals surface area contributed by atoms with E-state index in [2.05, 4.69) is 13.2 Å². The third-order valence-electron chi connectivity index (χ3n) is 2.01. The minimum Gasteiger partial charge on any atom is -0.289 e. The average molecular weight is 212 g/mol. The van der Waals surface area contributed by atoms with Crippen molar-refractivity contribution in [1.82, 2.24) is 0 Å². The molecule has 0 aromatic heterocycles. The Morgan fingerprint density at radius 1 is 1.06 bits per heavy atom. The highest BCUT2D eigenvalue weighted by atomic mass is 16.1. The zero-order chi connectivity index (χ0) is 12.0. The largest absolute Gasteiger partial charge is 0.289 e. The van der Waals surface area contributed by atoms with E-state index in [9.17, 15) is 9.59 Å². The van der Waals surface area contributed by atoms with Crippen LogP contribution in [-0.4, -0.2) is 11.6 Å². The van der Waals surface area contributed by atoms with Crippen LogP contribution < -0.4 is 0 Å². The van der Waals surface area contributed by atoms with Crippen LogP contribution in [0.5, 0.6) is 0 Å². The Bertz CT molecular complexity index is 453. The molecular formula is C14H12O2. The van der Waals surface area contributed by atoms with E-state index in [1.54, 1.807) is 6.08 Å². The van der Waals surface area contributed by atoms with Gasteiger partial charge in [-0.2, -0.15) is 0 Å². The van der Waals surface area contributed by atoms with Gasteiger partial charge in [-0.1, -0.05) is 49.6 Å². The summed E-state index contributed by atoms with van der Waals surface area (Å²) in [4.78, 5) is 22.6. The molecule has 0 bridgehead atoms. The van der Waals surface area contributed by atoms with E-state index in [-0.39, 0.29) is 5.57 Å². The van der Waals surface area contributed by atoms with Gasteiger partial charge in [0.1, 0.15) is 0 Å². The lowest BCUT2D eigenvalue weighted by atomic mass is 10.1. The fourth-order valence-electron chi connectivity index (χ4n) is 1.08. The smallest absolute Gasteiger partial charge is 0.189 e. The number of ketones is 2. The van der Waals surface area contributed by atoms with E-state index in [0.717, 1.165) is 11.6 Å². The van der Waals surface area contributed by atoms with Gasteiger partial charge in [-0.15, -0.1) is 0 Å². The summed E-state index contributed by atoms with van der Waals surface area (Å²) in [5, 5.41) is 0. The summed E-state index contributed by atoms with van der Waals surface area (Å²) >= 11 is 0. The molecule has 2 nitrogen and oxygen atoms in total. The highest BCUT2D eigenvalue weighted by Crippen LogP contribution is 2.03. The van der Waals surface area contributed by atoms with Crippen molar-refractivity contribution >= 4 is 17.6 Å². The van der Waals surface area contributed by atoms with E-state index >= 15 is 0 Å². The Kier molecular flexibility index (Phi) is 4.16. The van der Waals surface area contributed by atoms with Gasteiger partial charge in [0, 0.05) is 0 Å². The molecule has 0 aliphatic rings. The van der Waals surface area contributed by atoms with E-state index in [1.165, 1.54) is 6.08 Å². The van der Waals surface area contributed by atoms with Gasteiger partial charge in [-0.3, -0.25) is 9.59 Å². The first-order valence-electron chi connectivity index (χ1n) is 4.78. The summed E-state index contributed by atoms with van der Waals surface area (Å²) in [5.41, 5.74) is 0.830. The molecule has 0 amide bonds. The highest BCUT2D eigenvalue weighted by molar-refractivity contribution is 6.27. The van der Waals surface area contributed by atoms with Crippen LogP contribution in [0.2, 0.25) is 0 Å². The minimum absolute atomic E-state index is 0.0674. The van der Waals surface area contributed by atoms with E-state index in [1.807, 2.05) is 30.3 Å². The molecule has 0 saturated heterocycles. The zero-order valence-corrected chi connectivity index (χ0v) is 8.85. The lowest BCUT2D eigenvalue weighted by Crippen LogP contribution is -2.06. The van der Waals surface area contributed by atoms with E-state index < -0.39 is 11.6 Å². The predicted octanol–water partition coefficient (Wildman–Crippen LogP) is 2.58. The van der Waals surface area contributed by atoms with Crippen LogP contribution in [0.25, 0.3) is 6.08 Å². The minimum atomic E-state index is -0.442. The molecule has 0 aliphatic carbocycles.